The molecule has 1 saturated carbocycles. The van der Waals surface area contributed by atoms with E-state index in [9.17, 15) is 4.79 Å². The monoisotopic (exact) mass is 420 g/mol. The van der Waals surface area contributed by atoms with E-state index in [2.05, 4.69) is 48.6 Å². The molecule has 2 nitrogen and oxygen atoms in total. The van der Waals surface area contributed by atoms with Crippen molar-refractivity contribution in [2.24, 2.45) is 17.8 Å². The quantitative estimate of drug-likeness (QED) is 0.330. The van der Waals surface area contributed by atoms with Crippen LogP contribution in [0.5, 0.6) is 5.75 Å². The minimum absolute atomic E-state index is 0.0581. The van der Waals surface area contributed by atoms with Crippen LogP contribution in [-0.2, 0) is 4.79 Å². The standard InChI is InChI=1S/C20H18O2Te/c21-20(19-13-14-6-7-15(19)12-14)22-16-8-10-18(11-9-16)23-17-4-2-1-3-5-17/h1-11,14-15,19H,12-13H2. The van der Waals surface area contributed by atoms with Gasteiger partial charge in [-0.25, -0.2) is 0 Å². The molecule has 3 atom stereocenters. The Morgan fingerprint density at radius 3 is 2.30 bits per heavy atom. The van der Waals surface area contributed by atoms with E-state index in [1.54, 1.807) is 0 Å². The van der Waals surface area contributed by atoms with Crippen LogP contribution >= 0.6 is 0 Å². The fourth-order valence-electron chi connectivity index (χ4n) is 3.44. The van der Waals surface area contributed by atoms with E-state index in [0.717, 1.165) is 12.8 Å². The van der Waals surface area contributed by atoms with Crippen molar-refractivity contribution in [3.05, 3.63) is 66.7 Å². The molecule has 0 radical (unpaired) electrons. The van der Waals surface area contributed by atoms with Gasteiger partial charge in [-0.3, -0.25) is 0 Å². The molecule has 0 spiro atoms. The van der Waals surface area contributed by atoms with Gasteiger partial charge in [-0.2, -0.15) is 0 Å². The Morgan fingerprint density at radius 2 is 1.65 bits per heavy atom. The first-order chi connectivity index (χ1) is 11.3. The SMILES string of the molecule is O=C(Oc1ccc([Te]c2ccccc2)cc1)C1CC2C=CC1C2. The number of benzene rings is 2. The first-order valence-electron chi connectivity index (χ1n) is 8.01. The van der Waals surface area contributed by atoms with Crippen molar-refractivity contribution in [3.63, 3.8) is 0 Å². The van der Waals surface area contributed by atoms with Crippen molar-refractivity contribution >= 4 is 34.1 Å². The van der Waals surface area contributed by atoms with Crippen LogP contribution in [0, 0.1) is 17.8 Å². The second-order valence-corrected chi connectivity index (χ2v) is 9.47. The van der Waals surface area contributed by atoms with Crippen LogP contribution < -0.4 is 12.0 Å². The summed E-state index contributed by atoms with van der Waals surface area (Å²) in [4.78, 5) is 12.3. The number of rotatable bonds is 4. The maximum absolute atomic E-state index is 12.3. The summed E-state index contributed by atoms with van der Waals surface area (Å²) in [5, 5.41) is 0. The number of ether oxygens (including phenoxy) is 1. The first kappa shape index (κ1) is 15.0. The van der Waals surface area contributed by atoms with Crippen LogP contribution in [0.25, 0.3) is 0 Å². The topological polar surface area (TPSA) is 26.3 Å². The Morgan fingerprint density at radius 1 is 0.913 bits per heavy atom. The van der Waals surface area contributed by atoms with Gasteiger partial charge in [-0.05, 0) is 0 Å². The number of fused-ring (bicyclic) bond motifs is 2. The second-order valence-electron chi connectivity index (χ2n) is 6.19. The summed E-state index contributed by atoms with van der Waals surface area (Å²) in [5.74, 6) is 1.66. The molecule has 23 heavy (non-hydrogen) atoms. The Hall–Kier alpha value is -1.56. The molecule has 2 aromatic carbocycles. The first-order valence-corrected chi connectivity index (χ1v) is 10.3. The molecule has 4 rings (SSSR count). The summed E-state index contributed by atoms with van der Waals surface area (Å²) in [6, 6.07) is 18.6. The summed E-state index contributed by atoms with van der Waals surface area (Å²) in [7, 11) is 0. The minimum atomic E-state index is -0.362. The molecule has 116 valence electrons. The summed E-state index contributed by atoms with van der Waals surface area (Å²) in [6.07, 6.45) is 6.52. The Labute approximate surface area is 146 Å². The van der Waals surface area contributed by atoms with Gasteiger partial charge >= 0.3 is 147 Å². The molecular formula is C20H18O2Te. The van der Waals surface area contributed by atoms with Crippen LogP contribution in [0.1, 0.15) is 12.8 Å². The van der Waals surface area contributed by atoms with Gasteiger partial charge in [0.05, 0.1) is 0 Å². The maximum atomic E-state index is 12.3. The molecule has 0 aromatic heterocycles. The normalized spacial score (nSPS) is 24.8. The van der Waals surface area contributed by atoms with Crippen molar-refractivity contribution in [1.29, 1.82) is 0 Å². The van der Waals surface area contributed by atoms with Gasteiger partial charge in [0, 0.05) is 0 Å². The van der Waals surface area contributed by atoms with E-state index in [4.69, 9.17) is 4.74 Å². The molecule has 2 aliphatic carbocycles. The molecule has 1 fully saturated rings. The summed E-state index contributed by atoms with van der Waals surface area (Å²) in [5.41, 5.74) is 0. The Balaban J connectivity index is 1.38. The molecule has 0 aliphatic heterocycles. The number of hydrogen-bond donors (Lipinski definition) is 0. The summed E-state index contributed by atoms with van der Waals surface area (Å²) in [6.45, 7) is 0. The van der Waals surface area contributed by atoms with Crippen LogP contribution in [-0.4, -0.2) is 26.9 Å². The van der Waals surface area contributed by atoms with Crippen LogP contribution in [0.4, 0.5) is 0 Å². The van der Waals surface area contributed by atoms with Crippen molar-refractivity contribution in [3.8, 4) is 5.75 Å². The molecule has 2 aromatic rings. The van der Waals surface area contributed by atoms with Crippen LogP contribution in [0.3, 0.4) is 0 Å². The average Bonchev–Trinajstić information content (AvgIpc) is 3.21. The van der Waals surface area contributed by atoms with Gasteiger partial charge in [0.1, 0.15) is 0 Å². The van der Waals surface area contributed by atoms with Crippen molar-refractivity contribution < 1.29 is 9.53 Å². The fourth-order valence-corrected chi connectivity index (χ4v) is 5.83. The molecule has 3 unspecified atom stereocenters. The van der Waals surface area contributed by atoms with Crippen molar-refractivity contribution in [2.45, 2.75) is 12.8 Å². The van der Waals surface area contributed by atoms with Crippen molar-refractivity contribution in [1.82, 2.24) is 0 Å². The van der Waals surface area contributed by atoms with E-state index in [-0.39, 0.29) is 32.8 Å². The average molecular weight is 418 g/mol. The molecule has 0 saturated heterocycles. The van der Waals surface area contributed by atoms with Crippen LogP contribution in [0.15, 0.2) is 66.7 Å². The van der Waals surface area contributed by atoms with E-state index < -0.39 is 0 Å². The predicted octanol–water partition coefficient (Wildman–Crippen LogP) is 2.46. The Bertz CT molecular complexity index is 721. The third kappa shape index (κ3) is 3.37. The summed E-state index contributed by atoms with van der Waals surface area (Å²) >= 11 is -0.362. The third-order valence-electron chi connectivity index (χ3n) is 4.60. The van der Waals surface area contributed by atoms with E-state index in [1.165, 1.54) is 7.22 Å². The number of hydrogen-bond acceptors (Lipinski definition) is 2. The van der Waals surface area contributed by atoms with Gasteiger partial charge in [0.25, 0.3) is 0 Å². The van der Waals surface area contributed by atoms with Gasteiger partial charge in [0.15, 0.2) is 0 Å². The zero-order valence-corrected chi connectivity index (χ0v) is 15.1. The van der Waals surface area contributed by atoms with E-state index in [0.29, 0.717) is 17.6 Å². The Kier molecular flexibility index (Phi) is 4.25. The molecule has 3 heteroatoms. The van der Waals surface area contributed by atoms with E-state index in [1.807, 2.05) is 18.2 Å². The van der Waals surface area contributed by atoms with Gasteiger partial charge in [-0.1, -0.05) is 0 Å². The van der Waals surface area contributed by atoms with Gasteiger partial charge in [-0.15, -0.1) is 0 Å². The zero-order valence-electron chi connectivity index (χ0n) is 12.7. The number of carbonyl (C=O) groups is 1. The van der Waals surface area contributed by atoms with Gasteiger partial charge < -0.3 is 0 Å². The zero-order chi connectivity index (χ0) is 15.6. The molecule has 0 N–H and O–H groups in total. The molecule has 2 bridgehead atoms. The van der Waals surface area contributed by atoms with Crippen LogP contribution in [0.2, 0.25) is 0 Å². The predicted molar refractivity (Wildman–Crippen MR) is 92.4 cm³/mol. The number of allylic oxidation sites excluding steroid dienone is 2. The molecule has 0 heterocycles. The van der Waals surface area contributed by atoms with Crippen molar-refractivity contribution in [2.75, 3.05) is 0 Å². The van der Waals surface area contributed by atoms with E-state index >= 15 is 0 Å². The van der Waals surface area contributed by atoms with Gasteiger partial charge in [0.2, 0.25) is 0 Å². The molecule has 2 aliphatic rings. The second kappa shape index (κ2) is 6.51. The third-order valence-corrected chi connectivity index (χ3v) is 7.50. The number of esters is 1. The fraction of sp³-hybridized carbons (Fsp3) is 0.250. The number of carbonyl (C=O) groups excluding carboxylic acids is 1. The molecular weight excluding hydrogens is 400 g/mol. The molecule has 0 amide bonds. The summed E-state index contributed by atoms with van der Waals surface area (Å²) < 4.78 is 8.36.